The van der Waals surface area contributed by atoms with Crippen LogP contribution in [0.15, 0.2) is 54.6 Å². The zero-order valence-electron chi connectivity index (χ0n) is 19.4. The summed E-state index contributed by atoms with van der Waals surface area (Å²) in [4.78, 5) is 0. The molecule has 0 spiro atoms. The van der Waals surface area contributed by atoms with E-state index in [0.717, 1.165) is 66.1 Å². The van der Waals surface area contributed by atoms with Crippen LogP contribution in [0.4, 0.5) is 0 Å². The quantitative estimate of drug-likeness (QED) is 0.289. The van der Waals surface area contributed by atoms with E-state index < -0.39 is 0 Å². The molecule has 168 valence electrons. The standard InChI is InChI=1S/C27H34N4O/c1-4-10-20(5-2)31-25(27(3)17-9-18-27)23(26(28)29)24(30-31)19-13-15-22(16-14-19)32-21-11-7-6-8-12-21/h6-8,11-16,20H,4-5,9-10,17-18H2,1-3H3,(H3,28,29). The Bertz CT molecular complexity index is 1070. The van der Waals surface area contributed by atoms with Crippen LogP contribution in [-0.4, -0.2) is 15.6 Å². The zero-order chi connectivity index (χ0) is 22.7. The van der Waals surface area contributed by atoms with Gasteiger partial charge in [0, 0.05) is 11.0 Å². The van der Waals surface area contributed by atoms with Crippen molar-refractivity contribution in [2.24, 2.45) is 5.73 Å². The topological polar surface area (TPSA) is 76.9 Å². The fourth-order valence-electron chi connectivity index (χ4n) is 4.82. The summed E-state index contributed by atoms with van der Waals surface area (Å²) in [6, 6.07) is 18.0. The Morgan fingerprint density at radius 2 is 1.75 bits per heavy atom. The monoisotopic (exact) mass is 430 g/mol. The van der Waals surface area contributed by atoms with Gasteiger partial charge in [-0.15, -0.1) is 0 Å². The first-order valence-electron chi connectivity index (χ1n) is 11.8. The smallest absolute Gasteiger partial charge is 0.127 e. The van der Waals surface area contributed by atoms with Gasteiger partial charge in [-0.25, -0.2) is 0 Å². The molecule has 5 nitrogen and oxygen atoms in total. The van der Waals surface area contributed by atoms with Gasteiger partial charge in [-0.1, -0.05) is 51.8 Å². The number of amidine groups is 1. The minimum Gasteiger partial charge on any atom is -0.457 e. The highest BCUT2D eigenvalue weighted by Gasteiger charge is 2.41. The van der Waals surface area contributed by atoms with Crippen LogP contribution in [0.1, 0.15) is 76.6 Å². The van der Waals surface area contributed by atoms with Crippen LogP contribution in [0.5, 0.6) is 11.5 Å². The molecule has 0 radical (unpaired) electrons. The number of para-hydroxylation sites is 1. The summed E-state index contributed by atoms with van der Waals surface area (Å²) in [5.41, 5.74) is 9.95. The van der Waals surface area contributed by atoms with Crippen LogP contribution >= 0.6 is 0 Å². The average molecular weight is 431 g/mol. The summed E-state index contributed by atoms with van der Waals surface area (Å²) in [6.45, 7) is 6.74. The van der Waals surface area contributed by atoms with Crippen molar-refractivity contribution in [3.63, 3.8) is 0 Å². The lowest BCUT2D eigenvalue weighted by Gasteiger charge is -2.40. The van der Waals surface area contributed by atoms with Crippen molar-refractivity contribution >= 4 is 5.84 Å². The van der Waals surface area contributed by atoms with Crippen molar-refractivity contribution in [3.05, 3.63) is 65.9 Å². The minimum atomic E-state index is 0.0315. The maximum absolute atomic E-state index is 8.45. The Labute approximate surface area is 191 Å². The Morgan fingerprint density at radius 3 is 2.28 bits per heavy atom. The lowest BCUT2D eigenvalue weighted by molar-refractivity contribution is 0.239. The van der Waals surface area contributed by atoms with E-state index in [4.69, 9.17) is 21.0 Å². The van der Waals surface area contributed by atoms with Gasteiger partial charge in [-0.2, -0.15) is 5.10 Å². The van der Waals surface area contributed by atoms with E-state index in [-0.39, 0.29) is 11.3 Å². The first kappa shape index (κ1) is 22.1. The molecule has 2 aromatic carbocycles. The molecule has 0 amide bonds. The Morgan fingerprint density at radius 1 is 1.09 bits per heavy atom. The van der Waals surface area contributed by atoms with Gasteiger partial charge in [0.2, 0.25) is 0 Å². The van der Waals surface area contributed by atoms with Crippen LogP contribution in [0, 0.1) is 5.41 Å². The van der Waals surface area contributed by atoms with Gasteiger partial charge in [-0.3, -0.25) is 10.1 Å². The fourth-order valence-corrected chi connectivity index (χ4v) is 4.82. The van der Waals surface area contributed by atoms with Crippen molar-refractivity contribution < 1.29 is 4.74 Å². The number of hydrogen-bond donors (Lipinski definition) is 2. The van der Waals surface area contributed by atoms with Crippen molar-refractivity contribution in [2.45, 2.75) is 70.8 Å². The molecule has 1 unspecified atom stereocenters. The number of nitrogens with two attached hydrogens (primary N) is 1. The van der Waals surface area contributed by atoms with Gasteiger partial charge in [0.25, 0.3) is 0 Å². The SMILES string of the molecule is CCCC(CC)n1nc(-c2ccc(Oc3ccccc3)cc2)c(C(=N)N)c1C1(C)CCC1. The number of nitrogens with one attached hydrogen (secondary N) is 1. The normalized spacial score (nSPS) is 15.7. The van der Waals surface area contributed by atoms with Crippen molar-refractivity contribution in [1.29, 1.82) is 5.41 Å². The van der Waals surface area contributed by atoms with E-state index in [9.17, 15) is 0 Å². The zero-order valence-corrected chi connectivity index (χ0v) is 19.4. The molecule has 1 aliphatic rings. The van der Waals surface area contributed by atoms with E-state index in [0.29, 0.717) is 6.04 Å². The Balaban J connectivity index is 1.77. The van der Waals surface area contributed by atoms with E-state index in [1.807, 2.05) is 54.6 Å². The molecule has 3 N–H and O–H groups in total. The van der Waals surface area contributed by atoms with Crippen molar-refractivity contribution in [1.82, 2.24) is 9.78 Å². The highest BCUT2D eigenvalue weighted by atomic mass is 16.5. The molecule has 1 atom stereocenters. The summed E-state index contributed by atoms with van der Waals surface area (Å²) in [5, 5.41) is 13.6. The van der Waals surface area contributed by atoms with Crippen LogP contribution in [-0.2, 0) is 5.41 Å². The number of rotatable bonds is 9. The van der Waals surface area contributed by atoms with Crippen molar-refractivity contribution in [2.75, 3.05) is 0 Å². The van der Waals surface area contributed by atoms with Crippen molar-refractivity contribution in [3.8, 4) is 22.8 Å². The molecule has 4 rings (SSSR count). The van der Waals surface area contributed by atoms with Gasteiger partial charge in [0.1, 0.15) is 23.0 Å². The molecule has 1 heterocycles. The van der Waals surface area contributed by atoms with Gasteiger partial charge in [0.15, 0.2) is 0 Å². The number of ether oxygens (including phenoxy) is 1. The third kappa shape index (κ3) is 4.16. The summed E-state index contributed by atoms with van der Waals surface area (Å²) in [7, 11) is 0. The molecule has 0 saturated heterocycles. The summed E-state index contributed by atoms with van der Waals surface area (Å²) in [5.74, 6) is 1.68. The predicted octanol–water partition coefficient (Wildman–Crippen LogP) is 6.82. The first-order valence-corrected chi connectivity index (χ1v) is 11.8. The van der Waals surface area contributed by atoms with Crippen LogP contribution in [0.25, 0.3) is 11.3 Å². The minimum absolute atomic E-state index is 0.0315. The van der Waals surface area contributed by atoms with Crippen LogP contribution < -0.4 is 10.5 Å². The Hall–Kier alpha value is -3.08. The molecule has 0 aliphatic heterocycles. The third-order valence-corrected chi connectivity index (χ3v) is 6.75. The van der Waals surface area contributed by atoms with Gasteiger partial charge in [0.05, 0.1) is 17.3 Å². The molecular formula is C27H34N4O. The number of hydrogen-bond acceptors (Lipinski definition) is 3. The lowest BCUT2D eigenvalue weighted by Crippen LogP contribution is -2.36. The predicted molar refractivity (Wildman–Crippen MR) is 131 cm³/mol. The molecule has 1 saturated carbocycles. The fraction of sp³-hybridized carbons (Fsp3) is 0.407. The number of aromatic nitrogens is 2. The molecule has 1 fully saturated rings. The van der Waals surface area contributed by atoms with Gasteiger partial charge in [-0.05, 0) is 62.1 Å². The maximum atomic E-state index is 8.45. The van der Waals surface area contributed by atoms with E-state index >= 15 is 0 Å². The summed E-state index contributed by atoms with van der Waals surface area (Å²) in [6.07, 6.45) is 6.63. The number of nitrogens with zero attached hydrogens (tertiary/aromatic N) is 2. The summed E-state index contributed by atoms with van der Waals surface area (Å²) >= 11 is 0. The molecule has 1 aliphatic carbocycles. The highest BCUT2D eigenvalue weighted by molar-refractivity contribution is 6.02. The van der Waals surface area contributed by atoms with Crippen LogP contribution in [0.2, 0.25) is 0 Å². The molecule has 32 heavy (non-hydrogen) atoms. The average Bonchev–Trinajstić information content (AvgIpc) is 3.18. The number of nitrogen functional groups attached to an aromatic ring is 1. The molecule has 1 aromatic heterocycles. The van der Waals surface area contributed by atoms with Gasteiger partial charge < -0.3 is 10.5 Å². The van der Waals surface area contributed by atoms with E-state index in [2.05, 4.69) is 25.5 Å². The van der Waals surface area contributed by atoms with Crippen LogP contribution in [0.3, 0.4) is 0 Å². The largest absolute Gasteiger partial charge is 0.457 e. The van der Waals surface area contributed by atoms with E-state index in [1.54, 1.807) is 0 Å². The Kier molecular flexibility index (Phi) is 6.35. The second kappa shape index (κ2) is 9.19. The number of benzene rings is 2. The molecule has 3 aromatic rings. The molecule has 0 bridgehead atoms. The van der Waals surface area contributed by atoms with E-state index in [1.165, 1.54) is 6.42 Å². The molecule has 5 heteroatoms. The first-order chi connectivity index (χ1) is 15.5. The molecular weight excluding hydrogens is 396 g/mol. The third-order valence-electron chi connectivity index (χ3n) is 6.75. The maximum Gasteiger partial charge on any atom is 0.127 e. The second-order valence-corrected chi connectivity index (χ2v) is 9.13. The summed E-state index contributed by atoms with van der Waals surface area (Å²) < 4.78 is 8.16. The highest BCUT2D eigenvalue weighted by Crippen LogP contribution is 2.47. The van der Waals surface area contributed by atoms with Gasteiger partial charge >= 0.3 is 0 Å². The second-order valence-electron chi connectivity index (χ2n) is 9.13. The lowest BCUT2D eigenvalue weighted by atomic mass is 9.66.